The van der Waals surface area contributed by atoms with Crippen LogP contribution in [0.25, 0.3) is 0 Å². The van der Waals surface area contributed by atoms with Crippen LogP contribution in [0, 0.1) is 12.7 Å². The maximum atomic E-state index is 13.6. The Morgan fingerprint density at radius 3 is 2.57 bits per heavy atom. The van der Waals surface area contributed by atoms with E-state index in [4.69, 9.17) is 5.73 Å². The van der Waals surface area contributed by atoms with Crippen LogP contribution < -0.4 is 10.6 Å². The predicted molar refractivity (Wildman–Crippen MR) is 87.6 cm³/mol. The SMILES string of the molecule is CCN(c1cccc(C)c1)c1ccc(F)cc1CC(C)N. The lowest BCUT2D eigenvalue weighted by molar-refractivity contribution is 0.622. The van der Waals surface area contributed by atoms with Gasteiger partial charge >= 0.3 is 0 Å². The third-order valence-electron chi connectivity index (χ3n) is 3.50. The Labute approximate surface area is 126 Å². The van der Waals surface area contributed by atoms with Gasteiger partial charge in [-0.15, -0.1) is 0 Å². The monoisotopic (exact) mass is 286 g/mol. The summed E-state index contributed by atoms with van der Waals surface area (Å²) >= 11 is 0. The second kappa shape index (κ2) is 6.72. The standard InChI is InChI=1S/C18H23FN2/c1-4-21(17-7-5-6-13(2)10-17)18-9-8-16(19)12-15(18)11-14(3)20/h5-10,12,14H,4,11,20H2,1-3H3. The molecular formula is C18H23FN2. The molecule has 2 aromatic carbocycles. The molecule has 0 heterocycles. The molecule has 0 amide bonds. The topological polar surface area (TPSA) is 29.3 Å². The molecule has 0 saturated carbocycles. The van der Waals surface area contributed by atoms with Crippen LogP contribution in [0.3, 0.4) is 0 Å². The first kappa shape index (κ1) is 15.5. The van der Waals surface area contributed by atoms with Crippen molar-refractivity contribution in [2.75, 3.05) is 11.4 Å². The number of nitrogens with zero attached hydrogens (tertiary/aromatic N) is 1. The molecule has 0 aliphatic rings. The van der Waals surface area contributed by atoms with Gasteiger partial charge in [0.15, 0.2) is 0 Å². The minimum absolute atomic E-state index is 0.00163. The zero-order valence-electron chi connectivity index (χ0n) is 12.9. The molecule has 0 radical (unpaired) electrons. The average Bonchev–Trinajstić information content (AvgIpc) is 2.41. The summed E-state index contributed by atoms with van der Waals surface area (Å²) in [6.45, 7) is 6.94. The Kier molecular flexibility index (Phi) is 4.97. The third kappa shape index (κ3) is 3.82. The van der Waals surface area contributed by atoms with Crippen LogP contribution >= 0.6 is 0 Å². The Bertz CT molecular complexity index is 608. The highest BCUT2D eigenvalue weighted by Crippen LogP contribution is 2.30. The summed E-state index contributed by atoms with van der Waals surface area (Å²) in [5.74, 6) is -0.213. The fourth-order valence-corrected chi connectivity index (χ4v) is 2.62. The van der Waals surface area contributed by atoms with Gasteiger partial charge in [0, 0.05) is 24.0 Å². The predicted octanol–water partition coefficient (Wildman–Crippen LogP) is 4.18. The van der Waals surface area contributed by atoms with Gasteiger partial charge in [-0.25, -0.2) is 4.39 Å². The number of halogens is 1. The van der Waals surface area contributed by atoms with Gasteiger partial charge in [-0.2, -0.15) is 0 Å². The summed E-state index contributed by atoms with van der Waals surface area (Å²) in [6.07, 6.45) is 0.662. The number of anilines is 2. The van der Waals surface area contributed by atoms with Crippen molar-refractivity contribution < 1.29 is 4.39 Å². The van der Waals surface area contributed by atoms with Crippen LogP contribution in [-0.2, 0) is 6.42 Å². The molecule has 0 aliphatic carbocycles. The number of aryl methyl sites for hydroxylation is 1. The van der Waals surface area contributed by atoms with Gasteiger partial charge in [0.1, 0.15) is 5.82 Å². The Hall–Kier alpha value is -1.87. The Balaban J connectivity index is 2.46. The van der Waals surface area contributed by atoms with Crippen LogP contribution in [0.4, 0.5) is 15.8 Å². The van der Waals surface area contributed by atoms with Crippen molar-refractivity contribution in [3.8, 4) is 0 Å². The van der Waals surface area contributed by atoms with E-state index in [2.05, 4.69) is 36.9 Å². The molecule has 0 aromatic heterocycles. The maximum Gasteiger partial charge on any atom is 0.123 e. The summed E-state index contributed by atoms with van der Waals surface area (Å²) < 4.78 is 13.6. The molecular weight excluding hydrogens is 263 g/mol. The highest BCUT2D eigenvalue weighted by Gasteiger charge is 2.14. The van der Waals surface area contributed by atoms with Crippen LogP contribution in [-0.4, -0.2) is 12.6 Å². The van der Waals surface area contributed by atoms with E-state index in [1.165, 1.54) is 11.6 Å². The van der Waals surface area contributed by atoms with Crippen LogP contribution in [0.2, 0.25) is 0 Å². The summed E-state index contributed by atoms with van der Waals surface area (Å²) in [4.78, 5) is 2.20. The molecule has 0 bridgehead atoms. The van der Waals surface area contributed by atoms with Crippen molar-refractivity contribution in [2.24, 2.45) is 5.73 Å². The fraction of sp³-hybridized carbons (Fsp3) is 0.333. The molecule has 1 atom stereocenters. The highest BCUT2D eigenvalue weighted by molar-refractivity contribution is 5.67. The number of hydrogen-bond donors (Lipinski definition) is 1. The lowest BCUT2D eigenvalue weighted by atomic mass is 10.0. The molecule has 0 saturated heterocycles. The Morgan fingerprint density at radius 1 is 1.19 bits per heavy atom. The first-order valence-electron chi connectivity index (χ1n) is 7.39. The highest BCUT2D eigenvalue weighted by atomic mass is 19.1. The summed E-state index contributed by atoms with van der Waals surface area (Å²) in [5.41, 5.74) is 10.2. The van der Waals surface area contributed by atoms with Gasteiger partial charge in [0.2, 0.25) is 0 Å². The smallest absolute Gasteiger partial charge is 0.123 e. The van der Waals surface area contributed by atoms with E-state index in [-0.39, 0.29) is 11.9 Å². The van der Waals surface area contributed by atoms with E-state index >= 15 is 0 Å². The molecule has 0 aliphatic heterocycles. The number of rotatable bonds is 5. The average molecular weight is 286 g/mol. The summed E-state index contributed by atoms with van der Waals surface area (Å²) in [6, 6.07) is 13.3. The normalized spacial score (nSPS) is 12.2. The molecule has 1 unspecified atom stereocenters. The first-order chi connectivity index (χ1) is 10.0. The summed E-state index contributed by atoms with van der Waals surface area (Å²) in [7, 11) is 0. The van der Waals surface area contributed by atoms with Crippen molar-refractivity contribution in [3.05, 3.63) is 59.4 Å². The molecule has 2 N–H and O–H groups in total. The van der Waals surface area contributed by atoms with Crippen LogP contribution in [0.5, 0.6) is 0 Å². The zero-order valence-corrected chi connectivity index (χ0v) is 12.9. The molecule has 0 spiro atoms. The van der Waals surface area contributed by atoms with E-state index in [0.717, 1.165) is 23.5 Å². The van der Waals surface area contributed by atoms with E-state index in [0.29, 0.717) is 6.42 Å². The zero-order chi connectivity index (χ0) is 15.4. The molecule has 2 aromatic rings. The van der Waals surface area contributed by atoms with Gasteiger partial charge in [-0.3, -0.25) is 0 Å². The van der Waals surface area contributed by atoms with Crippen molar-refractivity contribution in [2.45, 2.75) is 33.2 Å². The molecule has 2 nitrogen and oxygen atoms in total. The maximum absolute atomic E-state index is 13.6. The number of benzene rings is 2. The summed E-state index contributed by atoms with van der Waals surface area (Å²) in [5, 5.41) is 0. The second-order valence-corrected chi connectivity index (χ2v) is 5.54. The van der Waals surface area contributed by atoms with E-state index in [1.54, 1.807) is 6.07 Å². The van der Waals surface area contributed by atoms with Crippen molar-refractivity contribution in [1.82, 2.24) is 0 Å². The number of nitrogens with two attached hydrogens (primary N) is 1. The largest absolute Gasteiger partial charge is 0.342 e. The molecule has 0 fully saturated rings. The molecule has 2 rings (SSSR count). The lowest BCUT2D eigenvalue weighted by Gasteiger charge is -2.27. The van der Waals surface area contributed by atoms with Gasteiger partial charge in [0.25, 0.3) is 0 Å². The molecule has 21 heavy (non-hydrogen) atoms. The van der Waals surface area contributed by atoms with Gasteiger partial charge in [0.05, 0.1) is 0 Å². The third-order valence-corrected chi connectivity index (χ3v) is 3.50. The van der Waals surface area contributed by atoms with Gasteiger partial charge in [-0.05, 0) is 68.7 Å². The lowest BCUT2D eigenvalue weighted by Crippen LogP contribution is -2.22. The Morgan fingerprint density at radius 2 is 1.95 bits per heavy atom. The minimum atomic E-state index is -0.213. The number of hydrogen-bond acceptors (Lipinski definition) is 2. The minimum Gasteiger partial charge on any atom is -0.342 e. The molecule has 112 valence electrons. The van der Waals surface area contributed by atoms with E-state index < -0.39 is 0 Å². The van der Waals surface area contributed by atoms with Crippen molar-refractivity contribution in [3.63, 3.8) is 0 Å². The van der Waals surface area contributed by atoms with Crippen molar-refractivity contribution in [1.29, 1.82) is 0 Å². The van der Waals surface area contributed by atoms with Gasteiger partial charge < -0.3 is 10.6 Å². The first-order valence-corrected chi connectivity index (χ1v) is 7.39. The second-order valence-electron chi connectivity index (χ2n) is 5.54. The fourth-order valence-electron chi connectivity index (χ4n) is 2.62. The van der Waals surface area contributed by atoms with E-state index in [9.17, 15) is 4.39 Å². The van der Waals surface area contributed by atoms with Crippen molar-refractivity contribution >= 4 is 11.4 Å². The molecule has 3 heteroatoms. The quantitative estimate of drug-likeness (QED) is 0.893. The van der Waals surface area contributed by atoms with Crippen LogP contribution in [0.15, 0.2) is 42.5 Å². The van der Waals surface area contributed by atoms with E-state index in [1.807, 2.05) is 19.1 Å². The van der Waals surface area contributed by atoms with Crippen LogP contribution in [0.1, 0.15) is 25.0 Å². The van der Waals surface area contributed by atoms with Gasteiger partial charge in [-0.1, -0.05) is 12.1 Å².